The maximum Gasteiger partial charge on any atom is 0.0670 e. The van der Waals surface area contributed by atoms with Gasteiger partial charge < -0.3 is 5.32 Å². The number of hydrogen-bond donors (Lipinski definition) is 1. The molecule has 0 atom stereocenters. The van der Waals surface area contributed by atoms with Crippen LogP contribution in [0, 0.1) is 5.92 Å². The van der Waals surface area contributed by atoms with Crippen LogP contribution in [0.15, 0.2) is 41.1 Å². The summed E-state index contributed by atoms with van der Waals surface area (Å²) in [5, 5.41) is 7.93. The largest absolute Gasteiger partial charge is 0.316 e. The molecule has 1 N–H and O–H groups in total. The fraction of sp³-hybridized carbons (Fsp3) is 0.471. The second kappa shape index (κ2) is 8.35. The van der Waals surface area contributed by atoms with Gasteiger partial charge in [-0.15, -0.1) is 0 Å². The molecule has 0 amide bonds. The van der Waals surface area contributed by atoms with Gasteiger partial charge in [-0.3, -0.25) is 4.68 Å². The predicted molar refractivity (Wildman–Crippen MR) is 91.5 cm³/mol. The van der Waals surface area contributed by atoms with Crippen LogP contribution in [-0.2, 0) is 13.0 Å². The van der Waals surface area contributed by atoms with E-state index in [4.69, 9.17) is 0 Å². The van der Waals surface area contributed by atoms with Crippen molar-refractivity contribution in [3.8, 4) is 0 Å². The molecule has 21 heavy (non-hydrogen) atoms. The van der Waals surface area contributed by atoms with Gasteiger partial charge >= 0.3 is 0 Å². The van der Waals surface area contributed by atoms with Crippen LogP contribution in [0.5, 0.6) is 0 Å². The van der Waals surface area contributed by atoms with Gasteiger partial charge in [0, 0.05) is 10.7 Å². The van der Waals surface area contributed by atoms with Gasteiger partial charge in [0.05, 0.1) is 12.7 Å². The van der Waals surface area contributed by atoms with Crippen molar-refractivity contribution < 1.29 is 0 Å². The molecule has 0 fully saturated rings. The average Bonchev–Trinajstić information content (AvgIpc) is 2.88. The number of halogens is 1. The van der Waals surface area contributed by atoms with Crippen molar-refractivity contribution in [1.29, 1.82) is 0 Å². The third-order valence-electron chi connectivity index (χ3n) is 3.35. The van der Waals surface area contributed by atoms with Crippen LogP contribution >= 0.6 is 15.9 Å². The average molecular weight is 350 g/mol. The Hall–Kier alpha value is -1.13. The smallest absolute Gasteiger partial charge is 0.0670 e. The molecule has 0 aliphatic carbocycles. The first kappa shape index (κ1) is 16.2. The molecule has 0 aliphatic rings. The van der Waals surface area contributed by atoms with Gasteiger partial charge in [0.2, 0.25) is 0 Å². The molecule has 1 heterocycles. The summed E-state index contributed by atoms with van der Waals surface area (Å²) in [6.07, 6.45) is 6.38. The van der Waals surface area contributed by atoms with Gasteiger partial charge in [-0.05, 0) is 49.0 Å². The van der Waals surface area contributed by atoms with Crippen molar-refractivity contribution >= 4 is 15.9 Å². The highest BCUT2D eigenvalue weighted by Crippen LogP contribution is 2.17. The normalized spacial score (nSPS) is 11.2. The van der Waals surface area contributed by atoms with Crippen LogP contribution < -0.4 is 5.32 Å². The Bertz CT molecular complexity index is 548. The van der Waals surface area contributed by atoms with E-state index in [0.29, 0.717) is 0 Å². The molecular weight excluding hydrogens is 326 g/mol. The standard InChI is InChI=1S/C17H24BrN3/c1-14(2)10-19-9-5-6-15-11-20-21(12-15)13-16-7-3-4-8-17(16)18/h3-4,7-8,11-12,14,19H,5-6,9-10,13H2,1-2H3. The molecule has 0 saturated heterocycles. The van der Waals surface area contributed by atoms with Crippen LogP contribution in [0.1, 0.15) is 31.4 Å². The van der Waals surface area contributed by atoms with Gasteiger partial charge in [-0.25, -0.2) is 0 Å². The summed E-state index contributed by atoms with van der Waals surface area (Å²) in [5.74, 6) is 0.720. The Kier molecular flexibility index (Phi) is 6.46. The quantitative estimate of drug-likeness (QED) is 0.733. The first-order valence-electron chi connectivity index (χ1n) is 7.60. The lowest BCUT2D eigenvalue weighted by Gasteiger charge is -2.06. The third kappa shape index (κ3) is 5.64. The topological polar surface area (TPSA) is 29.9 Å². The van der Waals surface area contributed by atoms with Crippen LogP contribution in [0.25, 0.3) is 0 Å². The van der Waals surface area contributed by atoms with Crippen molar-refractivity contribution in [3.63, 3.8) is 0 Å². The number of rotatable bonds is 8. The molecule has 0 spiro atoms. The lowest BCUT2D eigenvalue weighted by Crippen LogP contribution is -2.20. The van der Waals surface area contributed by atoms with E-state index in [1.807, 2.05) is 16.9 Å². The minimum Gasteiger partial charge on any atom is -0.316 e. The van der Waals surface area contributed by atoms with Gasteiger partial charge in [0.15, 0.2) is 0 Å². The zero-order valence-electron chi connectivity index (χ0n) is 12.8. The molecule has 2 aromatic rings. The molecule has 3 nitrogen and oxygen atoms in total. The summed E-state index contributed by atoms with van der Waals surface area (Å²) in [4.78, 5) is 0. The van der Waals surface area contributed by atoms with Crippen molar-refractivity contribution in [2.75, 3.05) is 13.1 Å². The molecule has 1 aromatic carbocycles. The maximum atomic E-state index is 4.46. The first-order valence-corrected chi connectivity index (χ1v) is 8.40. The molecule has 0 unspecified atom stereocenters. The number of benzene rings is 1. The Labute approximate surface area is 135 Å². The monoisotopic (exact) mass is 349 g/mol. The fourth-order valence-corrected chi connectivity index (χ4v) is 2.64. The summed E-state index contributed by atoms with van der Waals surface area (Å²) in [5.41, 5.74) is 2.57. The SMILES string of the molecule is CC(C)CNCCCc1cnn(Cc2ccccc2Br)c1. The summed E-state index contributed by atoms with van der Waals surface area (Å²) in [6.45, 7) is 7.46. The molecule has 0 aliphatic heterocycles. The third-order valence-corrected chi connectivity index (χ3v) is 4.12. The molecule has 0 bridgehead atoms. The van der Waals surface area contributed by atoms with Gasteiger partial charge in [-0.2, -0.15) is 5.10 Å². The van der Waals surface area contributed by atoms with E-state index in [0.717, 1.165) is 42.9 Å². The molecular formula is C17H24BrN3. The van der Waals surface area contributed by atoms with Crippen molar-refractivity contribution in [1.82, 2.24) is 15.1 Å². The van der Waals surface area contributed by atoms with Crippen molar-refractivity contribution in [2.45, 2.75) is 33.2 Å². The van der Waals surface area contributed by atoms with E-state index in [2.05, 4.69) is 64.6 Å². The highest BCUT2D eigenvalue weighted by atomic mass is 79.9. The van der Waals surface area contributed by atoms with E-state index < -0.39 is 0 Å². The minimum atomic E-state index is 0.720. The number of aromatic nitrogens is 2. The minimum absolute atomic E-state index is 0.720. The van der Waals surface area contributed by atoms with E-state index in [1.54, 1.807) is 0 Å². The first-order chi connectivity index (χ1) is 10.1. The van der Waals surface area contributed by atoms with Crippen LogP contribution in [0.4, 0.5) is 0 Å². The number of nitrogens with zero attached hydrogens (tertiary/aromatic N) is 2. The number of aryl methyl sites for hydroxylation is 1. The van der Waals surface area contributed by atoms with E-state index in [9.17, 15) is 0 Å². The number of nitrogens with one attached hydrogen (secondary N) is 1. The Morgan fingerprint density at radius 2 is 2.10 bits per heavy atom. The van der Waals surface area contributed by atoms with E-state index in [-0.39, 0.29) is 0 Å². The summed E-state index contributed by atoms with van der Waals surface area (Å²) >= 11 is 3.58. The van der Waals surface area contributed by atoms with Crippen molar-refractivity contribution in [2.24, 2.45) is 5.92 Å². The second-order valence-electron chi connectivity index (χ2n) is 5.84. The summed E-state index contributed by atoms with van der Waals surface area (Å²) in [6, 6.07) is 8.29. The zero-order valence-corrected chi connectivity index (χ0v) is 14.4. The van der Waals surface area contributed by atoms with E-state index in [1.165, 1.54) is 11.1 Å². The van der Waals surface area contributed by atoms with Crippen molar-refractivity contribution in [3.05, 3.63) is 52.3 Å². The van der Waals surface area contributed by atoms with Gasteiger partial charge in [-0.1, -0.05) is 48.0 Å². The lowest BCUT2D eigenvalue weighted by atomic mass is 10.2. The maximum absolute atomic E-state index is 4.46. The van der Waals surface area contributed by atoms with Crippen LogP contribution in [0.3, 0.4) is 0 Å². The molecule has 0 radical (unpaired) electrons. The molecule has 1 aromatic heterocycles. The lowest BCUT2D eigenvalue weighted by molar-refractivity contribution is 0.543. The molecule has 4 heteroatoms. The molecule has 0 saturated carbocycles. The number of hydrogen-bond acceptors (Lipinski definition) is 2. The summed E-state index contributed by atoms with van der Waals surface area (Å²) in [7, 11) is 0. The second-order valence-corrected chi connectivity index (χ2v) is 6.69. The van der Waals surface area contributed by atoms with Crippen LogP contribution in [-0.4, -0.2) is 22.9 Å². The molecule has 2 rings (SSSR count). The highest BCUT2D eigenvalue weighted by molar-refractivity contribution is 9.10. The Balaban J connectivity index is 1.78. The van der Waals surface area contributed by atoms with Gasteiger partial charge in [0.25, 0.3) is 0 Å². The summed E-state index contributed by atoms with van der Waals surface area (Å²) < 4.78 is 3.15. The van der Waals surface area contributed by atoms with Crippen LogP contribution in [0.2, 0.25) is 0 Å². The van der Waals surface area contributed by atoms with Gasteiger partial charge in [0.1, 0.15) is 0 Å². The fourth-order valence-electron chi connectivity index (χ4n) is 2.23. The predicted octanol–water partition coefficient (Wildman–Crippen LogP) is 3.87. The van der Waals surface area contributed by atoms with E-state index >= 15 is 0 Å². The highest BCUT2D eigenvalue weighted by Gasteiger charge is 2.03. The Morgan fingerprint density at radius 3 is 2.86 bits per heavy atom. The Morgan fingerprint density at radius 1 is 1.29 bits per heavy atom. The molecule has 114 valence electrons. The zero-order chi connectivity index (χ0) is 15.1.